The van der Waals surface area contributed by atoms with E-state index in [9.17, 15) is 20.1 Å². The predicted octanol–water partition coefficient (Wildman–Crippen LogP) is 3.02. The van der Waals surface area contributed by atoms with E-state index in [0.717, 1.165) is 12.0 Å². The van der Waals surface area contributed by atoms with Crippen molar-refractivity contribution in [1.82, 2.24) is 5.32 Å². The third-order valence-corrected chi connectivity index (χ3v) is 8.28. The molecule has 4 N–H and O–H groups in total. The molecule has 0 radical (unpaired) electrons. The van der Waals surface area contributed by atoms with Crippen LogP contribution in [0, 0.1) is 35.0 Å². The van der Waals surface area contributed by atoms with Gasteiger partial charge in [-0.3, -0.25) is 4.79 Å². The Bertz CT molecular complexity index is 925. The Balaban J connectivity index is 1.82. The lowest BCUT2D eigenvalue weighted by atomic mass is 9.51. The first kappa shape index (κ1) is 23.9. The summed E-state index contributed by atoms with van der Waals surface area (Å²) >= 11 is 0. The SMILES string of the molecule is C=C1[C@@H](C)[C@H]2[C@H](Cc3ccccc3)NC(=O)[C@]23[C@H](O)/C=C\[C@@H](C)C[C@@H](CO)C/C=C\[C@H]3[C@@H]1O. The topological polar surface area (TPSA) is 89.8 Å². The Hall–Kier alpha value is -2.21. The number of amides is 1. The molecule has 1 heterocycles. The standard InChI is InChI=1S/C28H37NO4/c1-17-12-13-24(31)28-22(11-7-10-21(14-17)16-30)26(32)19(3)18(2)25(28)23(29-27(28)33)15-20-8-5-4-6-9-20/h4-9,11-13,17-18,21-26,30-32H,3,10,14-16H2,1-2H3,(H,29,33)/b11-7-,13-12-/t17-,18-,21+,22+,23+,24-,25+,26-,28-/m1/s1. The molecule has 1 aromatic carbocycles. The molecule has 178 valence electrons. The van der Waals surface area contributed by atoms with Gasteiger partial charge in [-0.1, -0.05) is 75.1 Å². The normalized spacial score (nSPS) is 43.1. The van der Waals surface area contributed by atoms with Gasteiger partial charge >= 0.3 is 0 Å². The zero-order valence-electron chi connectivity index (χ0n) is 19.6. The zero-order chi connectivity index (χ0) is 23.8. The van der Waals surface area contributed by atoms with Gasteiger partial charge in [-0.25, -0.2) is 0 Å². The molecule has 3 aliphatic rings. The predicted molar refractivity (Wildman–Crippen MR) is 129 cm³/mol. The van der Waals surface area contributed by atoms with Crippen LogP contribution in [0.25, 0.3) is 0 Å². The van der Waals surface area contributed by atoms with E-state index in [2.05, 4.69) is 31.0 Å². The van der Waals surface area contributed by atoms with Gasteiger partial charge in [0.15, 0.2) is 0 Å². The highest BCUT2D eigenvalue weighted by molar-refractivity contribution is 5.88. The second-order valence-corrected chi connectivity index (χ2v) is 10.3. The number of hydrogen-bond acceptors (Lipinski definition) is 4. The maximum atomic E-state index is 13.8. The fraction of sp³-hybridized carbons (Fsp3) is 0.536. The van der Waals surface area contributed by atoms with Crippen LogP contribution in [0.4, 0.5) is 0 Å². The van der Waals surface area contributed by atoms with Crippen molar-refractivity contribution < 1.29 is 20.1 Å². The summed E-state index contributed by atoms with van der Waals surface area (Å²) in [5.41, 5.74) is 0.639. The summed E-state index contributed by atoms with van der Waals surface area (Å²) in [6, 6.07) is 9.88. The van der Waals surface area contributed by atoms with Crippen molar-refractivity contribution in [3.05, 3.63) is 72.4 Å². The number of allylic oxidation sites excluding steroid dienone is 2. The number of carbonyl (C=O) groups excluding carboxylic acids is 1. The van der Waals surface area contributed by atoms with Gasteiger partial charge in [0.1, 0.15) is 0 Å². The molecule has 1 spiro atoms. The van der Waals surface area contributed by atoms with Crippen molar-refractivity contribution in [2.45, 2.75) is 51.4 Å². The van der Waals surface area contributed by atoms with E-state index >= 15 is 0 Å². The van der Waals surface area contributed by atoms with Crippen LogP contribution in [0.2, 0.25) is 0 Å². The lowest BCUT2D eigenvalue weighted by molar-refractivity contribution is -0.147. The van der Waals surface area contributed by atoms with Gasteiger partial charge in [0.25, 0.3) is 0 Å². The van der Waals surface area contributed by atoms with E-state index in [1.165, 1.54) is 0 Å². The third-order valence-electron chi connectivity index (χ3n) is 8.28. The third kappa shape index (κ3) is 4.11. The molecule has 5 heteroatoms. The summed E-state index contributed by atoms with van der Waals surface area (Å²) in [6.45, 7) is 8.37. The van der Waals surface area contributed by atoms with Gasteiger partial charge in [-0.15, -0.1) is 0 Å². The molecular weight excluding hydrogens is 414 g/mol. The quantitative estimate of drug-likeness (QED) is 0.532. The van der Waals surface area contributed by atoms with Gasteiger partial charge in [0, 0.05) is 24.5 Å². The van der Waals surface area contributed by atoms with Crippen LogP contribution in [0.15, 0.2) is 66.8 Å². The van der Waals surface area contributed by atoms with Crippen molar-refractivity contribution in [1.29, 1.82) is 0 Å². The number of aliphatic hydroxyl groups excluding tert-OH is 3. The Morgan fingerprint density at radius 3 is 2.55 bits per heavy atom. The number of benzene rings is 1. The molecule has 0 bridgehead atoms. The molecule has 0 aromatic heterocycles. The van der Waals surface area contributed by atoms with E-state index in [4.69, 9.17) is 0 Å². The number of aliphatic hydroxyl groups is 3. The van der Waals surface area contributed by atoms with E-state index in [-0.39, 0.29) is 42.2 Å². The van der Waals surface area contributed by atoms with Gasteiger partial charge in [0.05, 0.1) is 17.6 Å². The largest absolute Gasteiger partial charge is 0.396 e. The van der Waals surface area contributed by atoms with E-state index < -0.39 is 23.5 Å². The minimum Gasteiger partial charge on any atom is -0.396 e. The Morgan fingerprint density at radius 2 is 1.85 bits per heavy atom. The van der Waals surface area contributed by atoms with Crippen LogP contribution in [0.3, 0.4) is 0 Å². The average Bonchev–Trinajstić information content (AvgIpc) is 3.08. The maximum absolute atomic E-state index is 13.8. The number of carbonyl (C=O) groups is 1. The lowest BCUT2D eigenvalue weighted by Gasteiger charge is -2.51. The Kier molecular flexibility index (Phi) is 6.94. The fourth-order valence-electron chi connectivity index (χ4n) is 6.56. The number of rotatable bonds is 3. The van der Waals surface area contributed by atoms with Gasteiger partial charge in [0.2, 0.25) is 5.91 Å². The first-order valence-electron chi connectivity index (χ1n) is 12.2. The minimum absolute atomic E-state index is 0.0788. The van der Waals surface area contributed by atoms with Crippen LogP contribution < -0.4 is 5.32 Å². The molecule has 4 rings (SSSR count). The first-order chi connectivity index (χ1) is 15.8. The van der Waals surface area contributed by atoms with E-state index in [1.807, 2.05) is 43.4 Å². The molecule has 33 heavy (non-hydrogen) atoms. The van der Waals surface area contributed by atoms with Crippen LogP contribution in [0.5, 0.6) is 0 Å². The Morgan fingerprint density at radius 1 is 1.12 bits per heavy atom. The first-order valence-corrected chi connectivity index (χ1v) is 12.2. The van der Waals surface area contributed by atoms with Crippen molar-refractivity contribution in [2.24, 2.45) is 35.0 Å². The van der Waals surface area contributed by atoms with Crippen LogP contribution in [0.1, 0.15) is 32.3 Å². The highest BCUT2D eigenvalue weighted by Crippen LogP contribution is 2.57. The Labute approximate surface area is 196 Å². The highest BCUT2D eigenvalue weighted by Gasteiger charge is 2.67. The smallest absolute Gasteiger partial charge is 0.230 e. The van der Waals surface area contributed by atoms with Gasteiger partial charge in [-0.05, 0) is 48.2 Å². The molecule has 9 atom stereocenters. The van der Waals surface area contributed by atoms with Gasteiger partial charge < -0.3 is 20.6 Å². The summed E-state index contributed by atoms with van der Waals surface area (Å²) in [5.74, 6) is -0.923. The molecule has 5 nitrogen and oxygen atoms in total. The molecular formula is C28H37NO4. The zero-order valence-corrected chi connectivity index (χ0v) is 19.6. The lowest BCUT2D eigenvalue weighted by Crippen LogP contribution is -2.59. The second-order valence-electron chi connectivity index (χ2n) is 10.3. The van der Waals surface area contributed by atoms with Crippen LogP contribution in [-0.4, -0.2) is 46.1 Å². The van der Waals surface area contributed by atoms with Crippen LogP contribution in [-0.2, 0) is 11.2 Å². The van der Waals surface area contributed by atoms with Crippen molar-refractivity contribution in [3.8, 4) is 0 Å². The minimum atomic E-state index is -1.19. The van der Waals surface area contributed by atoms with Crippen molar-refractivity contribution in [2.75, 3.05) is 6.61 Å². The van der Waals surface area contributed by atoms with Gasteiger partial charge in [-0.2, -0.15) is 0 Å². The molecule has 1 aromatic rings. The molecule has 1 aliphatic heterocycles. The molecule has 1 saturated heterocycles. The number of nitrogens with one attached hydrogen (secondary N) is 1. The number of hydrogen-bond donors (Lipinski definition) is 4. The summed E-state index contributed by atoms with van der Waals surface area (Å²) in [5, 5.41) is 35.9. The summed E-state index contributed by atoms with van der Waals surface area (Å²) < 4.78 is 0. The second kappa shape index (κ2) is 9.57. The molecule has 1 amide bonds. The molecule has 1 saturated carbocycles. The maximum Gasteiger partial charge on any atom is 0.230 e. The average molecular weight is 452 g/mol. The summed E-state index contributed by atoms with van der Waals surface area (Å²) in [4.78, 5) is 13.8. The molecule has 2 aliphatic carbocycles. The molecule has 0 unspecified atom stereocenters. The van der Waals surface area contributed by atoms with Crippen molar-refractivity contribution in [3.63, 3.8) is 0 Å². The van der Waals surface area contributed by atoms with Crippen molar-refractivity contribution >= 4 is 5.91 Å². The van der Waals surface area contributed by atoms with E-state index in [0.29, 0.717) is 18.4 Å². The summed E-state index contributed by atoms with van der Waals surface area (Å²) in [6.07, 6.45) is 7.71. The van der Waals surface area contributed by atoms with E-state index in [1.54, 1.807) is 6.08 Å². The summed E-state index contributed by atoms with van der Waals surface area (Å²) in [7, 11) is 0. The van der Waals surface area contributed by atoms with Crippen LogP contribution >= 0.6 is 0 Å². The fourth-order valence-corrected chi connectivity index (χ4v) is 6.56. The monoisotopic (exact) mass is 451 g/mol. The highest BCUT2D eigenvalue weighted by atomic mass is 16.3. The molecule has 2 fully saturated rings.